The Morgan fingerprint density at radius 3 is 2.67 bits per heavy atom. The highest BCUT2D eigenvalue weighted by Crippen LogP contribution is 2.23. The summed E-state index contributed by atoms with van der Waals surface area (Å²) in [6.07, 6.45) is 2.71. The van der Waals surface area contributed by atoms with E-state index in [1.165, 1.54) is 29.9 Å². The number of thioether (sulfide) groups is 1. The summed E-state index contributed by atoms with van der Waals surface area (Å²) >= 11 is 2.09. The van der Waals surface area contributed by atoms with Crippen LogP contribution in [0.5, 0.6) is 0 Å². The van der Waals surface area contributed by atoms with E-state index in [1.54, 1.807) is 7.11 Å². The molecule has 3 heteroatoms. The van der Waals surface area contributed by atoms with Crippen LogP contribution in [0.15, 0.2) is 30.3 Å². The van der Waals surface area contributed by atoms with E-state index in [9.17, 15) is 0 Å². The van der Waals surface area contributed by atoms with Gasteiger partial charge in [-0.1, -0.05) is 30.3 Å². The minimum absolute atomic E-state index is 0.325. The lowest BCUT2D eigenvalue weighted by molar-refractivity contribution is 0.164. The van der Waals surface area contributed by atoms with Crippen LogP contribution in [0.3, 0.4) is 0 Å². The molecule has 0 spiro atoms. The fourth-order valence-corrected chi connectivity index (χ4v) is 3.59. The molecule has 0 amide bonds. The highest BCUT2D eigenvalue weighted by atomic mass is 32.2. The van der Waals surface area contributed by atoms with Gasteiger partial charge in [-0.2, -0.15) is 11.8 Å². The maximum absolute atomic E-state index is 5.33. The third-order valence-electron chi connectivity index (χ3n) is 3.53. The van der Waals surface area contributed by atoms with Gasteiger partial charge in [0.05, 0.1) is 12.6 Å². The molecule has 1 aliphatic heterocycles. The molecule has 0 saturated carbocycles. The topological polar surface area (TPSA) is 21.3 Å². The first-order valence-corrected chi connectivity index (χ1v) is 7.90. The van der Waals surface area contributed by atoms with Crippen LogP contribution < -0.4 is 5.32 Å². The standard InChI is InChI=1S/C15H23NOS/c1-17-12-15(14-5-3-2-4-6-14)16-11-13-7-9-18-10-8-13/h2-6,13,15-16H,7-12H2,1H3. The van der Waals surface area contributed by atoms with Crippen LogP contribution in [0.25, 0.3) is 0 Å². The molecule has 1 aromatic carbocycles. The molecule has 1 aliphatic rings. The molecule has 1 heterocycles. The van der Waals surface area contributed by atoms with Crippen LogP contribution in [0, 0.1) is 5.92 Å². The molecular weight excluding hydrogens is 242 g/mol. The third-order valence-corrected chi connectivity index (χ3v) is 4.58. The summed E-state index contributed by atoms with van der Waals surface area (Å²) in [6, 6.07) is 10.9. The molecule has 1 fully saturated rings. The Bertz CT molecular complexity index is 325. The van der Waals surface area contributed by atoms with Gasteiger partial charge in [0.2, 0.25) is 0 Å². The molecule has 1 unspecified atom stereocenters. The van der Waals surface area contributed by atoms with Gasteiger partial charge in [-0.3, -0.25) is 0 Å². The van der Waals surface area contributed by atoms with Gasteiger partial charge in [0.1, 0.15) is 0 Å². The zero-order valence-electron chi connectivity index (χ0n) is 11.1. The van der Waals surface area contributed by atoms with Crippen molar-refractivity contribution >= 4 is 11.8 Å². The van der Waals surface area contributed by atoms with Crippen LogP contribution in [0.1, 0.15) is 24.4 Å². The molecule has 2 rings (SSSR count). The quantitative estimate of drug-likeness (QED) is 0.854. The van der Waals surface area contributed by atoms with E-state index in [-0.39, 0.29) is 0 Å². The van der Waals surface area contributed by atoms with Gasteiger partial charge in [-0.25, -0.2) is 0 Å². The summed E-state index contributed by atoms with van der Waals surface area (Å²) in [5, 5.41) is 3.67. The van der Waals surface area contributed by atoms with E-state index in [0.717, 1.165) is 19.1 Å². The molecule has 0 bridgehead atoms. The molecule has 1 atom stereocenters. The van der Waals surface area contributed by atoms with Gasteiger partial charge in [0.15, 0.2) is 0 Å². The Balaban J connectivity index is 1.86. The first kappa shape index (κ1) is 13.9. The molecule has 1 aromatic rings. The minimum Gasteiger partial charge on any atom is -0.383 e. The number of rotatable bonds is 6. The predicted octanol–water partition coefficient (Wildman–Crippen LogP) is 3.11. The number of hydrogen-bond donors (Lipinski definition) is 1. The molecule has 0 aliphatic carbocycles. The van der Waals surface area contributed by atoms with E-state index in [2.05, 4.69) is 47.4 Å². The van der Waals surface area contributed by atoms with Crippen LogP contribution >= 0.6 is 11.8 Å². The SMILES string of the molecule is COCC(NCC1CCSCC1)c1ccccc1. The van der Waals surface area contributed by atoms with Gasteiger partial charge < -0.3 is 10.1 Å². The van der Waals surface area contributed by atoms with Crippen molar-refractivity contribution in [2.45, 2.75) is 18.9 Å². The van der Waals surface area contributed by atoms with Crippen molar-refractivity contribution in [3.63, 3.8) is 0 Å². The Morgan fingerprint density at radius 1 is 1.28 bits per heavy atom. The Morgan fingerprint density at radius 2 is 2.00 bits per heavy atom. The lowest BCUT2D eigenvalue weighted by Gasteiger charge is -2.25. The summed E-state index contributed by atoms with van der Waals surface area (Å²) in [5.74, 6) is 3.49. The molecule has 2 nitrogen and oxygen atoms in total. The molecule has 100 valence electrons. The maximum Gasteiger partial charge on any atom is 0.0657 e. The highest BCUT2D eigenvalue weighted by molar-refractivity contribution is 7.99. The van der Waals surface area contributed by atoms with Crippen molar-refractivity contribution in [2.75, 3.05) is 31.8 Å². The maximum atomic E-state index is 5.33. The Hall–Kier alpha value is -0.510. The summed E-state index contributed by atoms with van der Waals surface area (Å²) in [7, 11) is 1.77. The van der Waals surface area contributed by atoms with E-state index in [1.807, 2.05) is 0 Å². The summed E-state index contributed by atoms with van der Waals surface area (Å²) in [4.78, 5) is 0. The van der Waals surface area contributed by atoms with Gasteiger partial charge in [0.25, 0.3) is 0 Å². The number of methoxy groups -OCH3 is 1. The number of hydrogen-bond acceptors (Lipinski definition) is 3. The molecule has 18 heavy (non-hydrogen) atoms. The van der Waals surface area contributed by atoms with Crippen LogP contribution in [-0.2, 0) is 4.74 Å². The number of ether oxygens (including phenoxy) is 1. The fraction of sp³-hybridized carbons (Fsp3) is 0.600. The van der Waals surface area contributed by atoms with Crippen molar-refractivity contribution < 1.29 is 4.74 Å². The van der Waals surface area contributed by atoms with E-state index < -0.39 is 0 Å². The summed E-state index contributed by atoms with van der Waals surface area (Å²) in [5.41, 5.74) is 1.32. The highest BCUT2D eigenvalue weighted by Gasteiger charge is 2.16. The fourth-order valence-electron chi connectivity index (χ4n) is 2.38. The van der Waals surface area contributed by atoms with Crippen molar-refractivity contribution in [3.8, 4) is 0 Å². The third kappa shape index (κ3) is 4.30. The second-order valence-electron chi connectivity index (χ2n) is 4.88. The average molecular weight is 265 g/mol. The van der Waals surface area contributed by atoms with Gasteiger partial charge in [-0.05, 0) is 42.4 Å². The smallest absolute Gasteiger partial charge is 0.0657 e. The largest absolute Gasteiger partial charge is 0.383 e. The van der Waals surface area contributed by atoms with Gasteiger partial charge in [0, 0.05) is 7.11 Å². The van der Waals surface area contributed by atoms with Crippen LogP contribution in [0.4, 0.5) is 0 Å². The zero-order chi connectivity index (χ0) is 12.6. The molecular formula is C15H23NOS. The Labute approximate surface area is 114 Å². The Kier molecular flexibility index (Phi) is 6.05. The first-order valence-electron chi connectivity index (χ1n) is 6.75. The lowest BCUT2D eigenvalue weighted by atomic mass is 10.0. The summed E-state index contributed by atoms with van der Waals surface area (Å²) < 4.78 is 5.33. The second kappa shape index (κ2) is 7.82. The monoisotopic (exact) mass is 265 g/mol. The first-order chi connectivity index (χ1) is 8.90. The molecule has 0 aromatic heterocycles. The predicted molar refractivity (Wildman–Crippen MR) is 79.1 cm³/mol. The summed E-state index contributed by atoms with van der Waals surface area (Å²) in [6.45, 7) is 1.86. The van der Waals surface area contributed by atoms with Crippen LogP contribution in [0.2, 0.25) is 0 Å². The van der Waals surface area contributed by atoms with E-state index in [4.69, 9.17) is 4.74 Å². The van der Waals surface area contributed by atoms with Crippen LogP contribution in [-0.4, -0.2) is 31.8 Å². The van der Waals surface area contributed by atoms with Crippen molar-refractivity contribution in [1.29, 1.82) is 0 Å². The van der Waals surface area contributed by atoms with E-state index in [0.29, 0.717) is 6.04 Å². The lowest BCUT2D eigenvalue weighted by Crippen LogP contribution is -2.31. The minimum atomic E-state index is 0.325. The number of nitrogens with one attached hydrogen (secondary N) is 1. The average Bonchev–Trinajstić information content (AvgIpc) is 2.45. The normalized spacial score (nSPS) is 18.7. The van der Waals surface area contributed by atoms with Crippen molar-refractivity contribution in [1.82, 2.24) is 5.32 Å². The molecule has 0 radical (unpaired) electrons. The molecule has 1 saturated heterocycles. The van der Waals surface area contributed by atoms with E-state index >= 15 is 0 Å². The zero-order valence-corrected chi connectivity index (χ0v) is 11.9. The second-order valence-corrected chi connectivity index (χ2v) is 6.11. The van der Waals surface area contributed by atoms with Crippen molar-refractivity contribution in [2.24, 2.45) is 5.92 Å². The van der Waals surface area contributed by atoms with Gasteiger partial charge >= 0.3 is 0 Å². The van der Waals surface area contributed by atoms with Crippen molar-refractivity contribution in [3.05, 3.63) is 35.9 Å². The number of benzene rings is 1. The van der Waals surface area contributed by atoms with Gasteiger partial charge in [-0.15, -0.1) is 0 Å². The molecule has 1 N–H and O–H groups in total.